The van der Waals surface area contributed by atoms with E-state index < -0.39 is 0 Å². The molecule has 23 heavy (non-hydrogen) atoms. The van der Waals surface area contributed by atoms with Gasteiger partial charge in [-0.25, -0.2) is 0 Å². The van der Waals surface area contributed by atoms with Crippen LogP contribution in [0.4, 0.5) is 0 Å². The molecule has 0 N–H and O–H groups in total. The predicted molar refractivity (Wildman–Crippen MR) is 101 cm³/mol. The third-order valence-corrected chi connectivity index (χ3v) is 4.14. The average Bonchev–Trinajstić information content (AvgIpc) is 2.58. The number of allylic oxidation sites excluding steroid dienone is 4. The molecule has 0 atom stereocenters. The van der Waals surface area contributed by atoms with Gasteiger partial charge in [0.25, 0.3) is 0 Å². The minimum Gasteiger partial charge on any atom is -0.258 e. The highest BCUT2D eigenvalue weighted by Gasteiger charge is 2.09. The molecule has 0 unspecified atom stereocenters. The predicted octanol–water partition coefficient (Wildman–Crippen LogP) is 5.85. The number of rotatable bonds is 5. The van der Waals surface area contributed by atoms with E-state index in [-0.39, 0.29) is 0 Å². The topological polar surface area (TPSA) is 24.7 Å². The molecular weight excluding hydrogens is 280 g/mol. The monoisotopic (exact) mass is 306 g/mol. The molecule has 1 aromatic rings. The number of hydrogen-bond donors (Lipinski definition) is 0. The summed E-state index contributed by atoms with van der Waals surface area (Å²) in [7, 11) is 0. The van der Waals surface area contributed by atoms with Crippen LogP contribution in [-0.4, -0.2) is 11.4 Å². The van der Waals surface area contributed by atoms with Gasteiger partial charge in [-0.1, -0.05) is 36.4 Å². The Balaban J connectivity index is 2.33. The lowest BCUT2D eigenvalue weighted by Gasteiger charge is -2.15. The summed E-state index contributed by atoms with van der Waals surface area (Å²) in [5.74, 6) is 0. The molecule has 0 aliphatic heterocycles. The molecule has 0 saturated heterocycles. The molecule has 0 fully saturated rings. The van der Waals surface area contributed by atoms with Crippen LogP contribution < -0.4 is 0 Å². The zero-order valence-electron chi connectivity index (χ0n) is 14.5. The third-order valence-electron chi connectivity index (χ3n) is 4.14. The standard InChI is InChI=1S/C21H26N2/c1-5-14-22-20(6-2)19-12-9-11-18(15-19)17(4)23-21-13-8-7-10-16(21)3/h5-6,9,11-12,14-15H,2,7-8,10,13H2,1,3-4H3/b14-5-,22-20?,23-17?. The Morgan fingerprint density at radius 2 is 1.91 bits per heavy atom. The SMILES string of the molecule is C=CC(=N/C=C\C)c1cccc(C(C)=NC2=C(C)CCCC2)c1. The van der Waals surface area contributed by atoms with Crippen LogP contribution in [0.5, 0.6) is 0 Å². The van der Waals surface area contributed by atoms with Crippen molar-refractivity contribution in [3.05, 3.63) is 71.6 Å². The van der Waals surface area contributed by atoms with Crippen molar-refractivity contribution in [2.24, 2.45) is 9.98 Å². The smallest absolute Gasteiger partial charge is 0.0696 e. The molecule has 0 spiro atoms. The molecule has 2 heteroatoms. The first-order valence-electron chi connectivity index (χ1n) is 8.32. The first-order chi connectivity index (χ1) is 11.2. The van der Waals surface area contributed by atoms with Gasteiger partial charge < -0.3 is 0 Å². The van der Waals surface area contributed by atoms with E-state index in [0.29, 0.717) is 0 Å². The molecule has 2 rings (SSSR count). The van der Waals surface area contributed by atoms with Crippen LogP contribution in [0.1, 0.15) is 57.6 Å². The summed E-state index contributed by atoms with van der Waals surface area (Å²) in [6.07, 6.45) is 10.3. The maximum Gasteiger partial charge on any atom is 0.0696 e. The molecule has 0 heterocycles. The molecule has 0 amide bonds. The highest BCUT2D eigenvalue weighted by molar-refractivity contribution is 6.10. The minimum absolute atomic E-state index is 0.880. The maximum atomic E-state index is 4.89. The van der Waals surface area contributed by atoms with E-state index in [2.05, 4.69) is 49.7 Å². The van der Waals surface area contributed by atoms with E-state index >= 15 is 0 Å². The zero-order valence-corrected chi connectivity index (χ0v) is 14.5. The van der Waals surface area contributed by atoms with Gasteiger partial charge in [-0.15, -0.1) is 0 Å². The Kier molecular flexibility index (Phi) is 6.28. The molecule has 1 aliphatic carbocycles. The Morgan fingerprint density at radius 3 is 2.61 bits per heavy atom. The molecule has 1 aromatic carbocycles. The fourth-order valence-electron chi connectivity index (χ4n) is 2.76. The minimum atomic E-state index is 0.880. The van der Waals surface area contributed by atoms with Gasteiger partial charge in [0.15, 0.2) is 0 Å². The van der Waals surface area contributed by atoms with Crippen LogP contribution in [-0.2, 0) is 0 Å². The molecular formula is C21H26N2. The Hall–Kier alpha value is -2.22. The number of benzene rings is 1. The Morgan fingerprint density at radius 1 is 1.17 bits per heavy atom. The molecule has 0 radical (unpaired) electrons. The van der Waals surface area contributed by atoms with Gasteiger partial charge in [0.1, 0.15) is 0 Å². The highest BCUT2D eigenvalue weighted by Crippen LogP contribution is 2.25. The van der Waals surface area contributed by atoms with Crippen molar-refractivity contribution in [1.82, 2.24) is 0 Å². The molecule has 0 saturated carbocycles. The van der Waals surface area contributed by atoms with Crippen LogP contribution in [0.3, 0.4) is 0 Å². The van der Waals surface area contributed by atoms with Crippen molar-refractivity contribution in [1.29, 1.82) is 0 Å². The first kappa shape index (κ1) is 17.1. The van der Waals surface area contributed by atoms with Gasteiger partial charge in [0.2, 0.25) is 0 Å². The summed E-state index contributed by atoms with van der Waals surface area (Å²) >= 11 is 0. The normalized spacial score (nSPS) is 17.0. The summed E-state index contributed by atoms with van der Waals surface area (Å²) in [5, 5.41) is 0. The maximum absolute atomic E-state index is 4.89. The van der Waals surface area contributed by atoms with Crippen LogP contribution in [0, 0.1) is 0 Å². The summed E-state index contributed by atoms with van der Waals surface area (Å²) in [6, 6.07) is 8.37. The van der Waals surface area contributed by atoms with E-state index in [1.807, 2.05) is 13.0 Å². The van der Waals surface area contributed by atoms with Crippen molar-refractivity contribution in [3.8, 4) is 0 Å². The second-order valence-corrected chi connectivity index (χ2v) is 5.91. The van der Waals surface area contributed by atoms with Gasteiger partial charge in [-0.2, -0.15) is 0 Å². The zero-order chi connectivity index (χ0) is 16.7. The van der Waals surface area contributed by atoms with Crippen molar-refractivity contribution in [2.75, 3.05) is 0 Å². The molecule has 0 aromatic heterocycles. The molecule has 120 valence electrons. The summed E-state index contributed by atoms with van der Waals surface area (Å²) < 4.78 is 0. The molecule has 1 aliphatic rings. The number of hydrogen-bond acceptors (Lipinski definition) is 2. The quantitative estimate of drug-likeness (QED) is 0.609. The first-order valence-corrected chi connectivity index (χ1v) is 8.32. The van der Waals surface area contributed by atoms with E-state index in [1.54, 1.807) is 12.3 Å². The average molecular weight is 306 g/mol. The Labute approximate surface area is 140 Å². The van der Waals surface area contributed by atoms with Gasteiger partial charge in [-0.05, 0) is 64.2 Å². The molecule has 0 bridgehead atoms. The van der Waals surface area contributed by atoms with Gasteiger partial charge >= 0.3 is 0 Å². The van der Waals surface area contributed by atoms with Crippen LogP contribution >= 0.6 is 0 Å². The summed E-state index contributed by atoms with van der Waals surface area (Å²) in [6.45, 7) is 10.1. The van der Waals surface area contributed by atoms with Crippen LogP contribution in [0.15, 0.2) is 70.5 Å². The van der Waals surface area contributed by atoms with Crippen molar-refractivity contribution >= 4 is 11.4 Å². The Bertz CT molecular complexity index is 688. The lowest BCUT2D eigenvalue weighted by Crippen LogP contribution is -2.03. The van der Waals surface area contributed by atoms with Gasteiger partial charge in [0.05, 0.1) is 5.71 Å². The van der Waals surface area contributed by atoms with E-state index in [0.717, 1.165) is 29.0 Å². The number of aliphatic imine (C=N–C) groups is 2. The van der Waals surface area contributed by atoms with E-state index in [9.17, 15) is 0 Å². The lowest BCUT2D eigenvalue weighted by molar-refractivity contribution is 0.667. The van der Waals surface area contributed by atoms with E-state index in [4.69, 9.17) is 4.99 Å². The third kappa shape index (κ3) is 4.62. The number of nitrogens with zero attached hydrogens (tertiary/aromatic N) is 2. The lowest BCUT2D eigenvalue weighted by atomic mass is 9.97. The fraction of sp³-hybridized carbons (Fsp3) is 0.333. The largest absolute Gasteiger partial charge is 0.258 e. The van der Waals surface area contributed by atoms with Crippen LogP contribution in [0.2, 0.25) is 0 Å². The van der Waals surface area contributed by atoms with E-state index in [1.165, 1.54) is 30.5 Å². The van der Waals surface area contributed by atoms with Gasteiger partial charge in [-0.3, -0.25) is 9.98 Å². The fourth-order valence-corrected chi connectivity index (χ4v) is 2.76. The summed E-state index contributed by atoms with van der Waals surface area (Å²) in [4.78, 5) is 9.32. The van der Waals surface area contributed by atoms with Crippen molar-refractivity contribution in [3.63, 3.8) is 0 Å². The second-order valence-electron chi connectivity index (χ2n) is 5.91. The van der Waals surface area contributed by atoms with Crippen molar-refractivity contribution < 1.29 is 0 Å². The molecule has 2 nitrogen and oxygen atoms in total. The second kappa shape index (κ2) is 8.42. The van der Waals surface area contributed by atoms with Gasteiger partial charge in [0, 0.05) is 23.2 Å². The van der Waals surface area contributed by atoms with Crippen LogP contribution in [0.25, 0.3) is 0 Å². The highest BCUT2D eigenvalue weighted by atomic mass is 14.8. The van der Waals surface area contributed by atoms with Crippen molar-refractivity contribution in [2.45, 2.75) is 46.5 Å². The summed E-state index contributed by atoms with van der Waals surface area (Å²) in [5.41, 5.74) is 6.87.